The molecule has 0 radical (unpaired) electrons. The summed E-state index contributed by atoms with van der Waals surface area (Å²) in [6.07, 6.45) is 11.1. The molecule has 2 N–H and O–H groups in total. The van der Waals surface area contributed by atoms with Gasteiger partial charge < -0.3 is 15.3 Å². The minimum Gasteiger partial charge on any atom is -0.391 e. The van der Waals surface area contributed by atoms with Gasteiger partial charge in [-0.1, -0.05) is 30.3 Å². The molecular formula is C28H36N4O2. The van der Waals surface area contributed by atoms with Gasteiger partial charge in [0.05, 0.1) is 18.3 Å². The highest BCUT2D eigenvalue weighted by Crippen LogP contribution is 2.61. The molecule has 0 unspecified atom stereocenters. The van der Waals surface area contributed by atoms with Gasteiger partial charge in [-0.3, -0.25) is 4.79 Å². The van der Waals surface area contributed by atoms with Crippen molar-refractivity contribution < 1.29 is 9.90 Å². The third-order valence-electron chi connectivity index (χ3n) is 9.09. The van der Waals surface area contributed by atoms with Crippen LogP contribution in [-0.2, 0) is 24.2 Å². The molecule has 4 saturated carbocycles. The average Bonchev–Trinajstić information content (AvgIpc) is 2.85. The van der Waals surface area contributed by atoms with Crippen LogP contribution in [0.15, 0.2) is 36.7 Å². The molecule has 2 heterocycles. The molecule has 5 aliphatic rings. The van der Waals surface area contributed by atoms with Crippen LogP contribution >= 0.6 is 0 Å². The Bertz CT molecular complexity index is 1000. The van der Waals surface area contributed by atoms with Gasteiger partial charge in [-0.05, 0) is 80.1 Å². The highest BCUT2D eigenvalue weighted by atomic mass is 16.3. The summed E-state index contributed by atoms with van der Waals surface area (Å²) in [5.41, 5.74) is 3.34. The molecule has 4 bridgehead atoms. The molecule has 7 rings (SSSR count). The third-order valence-corrected chi connectivity index (χ3v) is 9.09. The van der Waals surface area contributed by atoms with Crippen LogP contribution in [0.25, 0.3) is 0 Å². The van der Waals surface area contributed by atoms with Gasteiger partial charge >= 0.3 is 0 Å². The number of aromatic nitrogens is 2. The summed E-state index contributed by atoms with van der Waals surface area (Å²) in [6, 6.07) is 10.2. The molecular weight excluding hydrogens is 424 g/mol. The van der Waals surface area contributed by atoms with Crippen LogP contribution in [0, 0.1) is 23.2 Å². The Morgan fingerprint density at radius 1 is 1.09 bits per heavy atom. The number of nitrogens with zero attached hydrogens (tertiary/aromatic N) is 3. The molecule has 6 heteroatoms. The van der Waals surface area contributed by atoms with Crippen molar-refractivity contribution in [3.8, 4) is 0 Å². The van der Waals surface area contributed by atoms with E-state index in [2.05, 4.69) is 27.4 Å². The summed E-state index contributed by atoms with van der Waals surface area (Å²) < 4.78 is 0. The van der Waals surface area contributed by atoms with Gasteiger partial charge in [-0.25, -0.2) is 9.97 Å². The summed E-state index contributed by atoms with van der Waals surface area (Å²) in [6.45, 7) is 1.78. The first-order valence-electron chi connectivity index (χ1n) is 13.1. The van der Waals surface area contributed by atoms with E-state index < -0.39 is 0 Å². The van der Waals surface area contributed by atoms with Gasteiger partial charge in [0.1, 0.15) is 12.1 Å². The van der Waals surface area contributed by atoms with Crippen LogP contribution in [-0.4, -0.2) is 45.1 Å². The number of anilines is 1. The van der Waals surface area contributed by atoms with Crippen molar-refractivity contribution in [3.63, 3.8) is 0 Å². The zero-order valence-corrected chi connectivity index (χ0v) is 20.0. The molecule has 2 aromatic rings. The fourth-order valence-electron chi connectivity index (χ4n) is 7.77. The Hall–Kier alpha value is -2.47. The largest absolute Gasteiger partial charge is 0.391 e. The Morgan fingerprint density at radius 2 is 1.79 bits per heavy atom. The highest BCUT2D eigenvalue weighted by Gasteiger charge is 2.53. The van der Waals surface area contributed by atoms with Crippen molar-refractivity contribution in [2.24, 2.45) is 23.2 Å². The SMILES string of the molecule is O=C(CCc1ccccc1)N1CCc2c(ncnc2NC[C@H](O)C23CC4CC(CC(C4)C2)C3)C1. The summed E-state index contributed by atoms with van der Waals surface area (Å²) in [5, 5.41) is 14.8. The summed E-state index contributed by atoms with van der Waals surface area (Å²) in [7, 11) is 0. The van der Waals surface area contributed by atoms with E-state index in [0.29, 0.717) is 26.1 Å². The number of aliphatic hydroxyl groups is 1. The minimum absolute atomic E-state index is 0.108. The lowest BCUT2D eigenvalue weighted by Crippen LogP contribution is -2.53. The van der Waals surface area contributed by atoms with E-state index in [4.69, 9.17) is 0 Å². The lowest BCUT2D eigenvalue weighted by molar-refractivity contribution is -0.132. The van der Waals surface area contributed by atoms with Gasteiger partial charge in [0.15, 0.2) is 0 Å². The third kappa shape index (κ3) is 4.21. The molecule has 1 aromatic heterocycles. The standard InChI is InChI=1S/C28H36N4O2/c33-25(28-13-20-10-21(14-28)12-22(11-20)15-28)16-29-27-23-8-9-32(17-24(23)30-18-31-27)26(34)7-6-19-4-2-1-3-5-19/h1-5,18,20-22,25,33H,6-17H2,(H,29,30,31)/t20?,21?,22?,25-,28?/m0/s1. The number of hydrogen-bond donors (Lipinski definition) is 2. The second-order valence-electron chi connectivity index (χ2n) is 11.4. The predicted octanol–water partition coefficient (Wildman–Crippen LogP) is 3.98. The molecule has 180 valence electrons. The molecule has 4 aliphatic carbocycles. The summed E-state index contributed by atoms with van der Waals surface area (Å²) >= 11 is 0. The van der Waals surface area contributed by atoms with Gasteiger partial charge in [0.25, 0.3) is 0 Å². The topological polar surface area (TPSA) is 78.4 Å². The molecule has 1 amide bonds. The Labute approximate surface area is 202 Å². The second-order valence-corrected chi connectivity index (χ2v) is 11.4. The highest BCUT2D eigenvalue weighted by molar-refractivity contribution is 5.77. The first-order chi connectivity index (χ1) is 16.6. The molecule has 4 fully saturated rings. The van der Waals surface area contributed by atoms with Gasteiger partial charge in [0, 0.05) is 25.1 Å². The monoisotopic (exact) mass is 460 g/mol. The van der Waals surface area contributed by atoms with Crippen LogP contribution in [0.1, 0.15) is 61.8 Å². The van der Waals surface area contributed by atoms with Crippen LogP contribution in [0.2, 0.25) is 0 Å². The molecule has 0 saturated heterocycles. The fourth-order valence-corrected chi connectivity index (χ4v) is 7.77. The first kappa shape index (κ1) is 22.0. The molecule has 1 aliphatic heterocycles. The number of fused-ring (bicyclic) bond motifs is 1. The number of aryl methyl sites for hydroxylation is 1. The van der Waals surface area contributed by atoms with Crippen LogP contribution in [0.3, 0.4) is 0 Å². The first-order valence-corrected chi connectivity index (χ1v) is 13.1. The zero-order valence-electron chi connectivity index (χ0n) is 20.0. The normalized spacial score (nSPS) is 30.1. The van der Waals surface area contributed by atoms with E-state index in [0.717, 1.165) is 47.7 Å². The van der Waals surface area contributed by atoms with E-state index >= 15 is 0 Å². The molecule has 0 spiro atoms. The average molecular weight is 461 g/mol. The molecule has 1 atom stereocenters. The molecule has 6 nitrogen and oxygen atoms in total. The lowest BCUT2D eigenvalue weighted by atomic mass is 9.48. The van der Waals surface area contributed by atoms with E-state index in [1.165, 1.54) is 44.1 Å². The van der Waals surface area contributed by atoms with Crippen molar-refractivity contribution in [2.75, 3.05) is 18.4 Å². The van der Waals surface area contributed by atoms with E-state index in [-0.39, 0.29) is 17.4 Å². The zero-order chi connectivity index (χ0) is 23.1. The summed E-state index contributed by atoms with van der Waals surface area (Å²) in [4.78, 5) is 23.8. The molecule has 34 heavy (non-hydrogen) atoms. The number of hydrogen-bond acceptors (Lipinski definition) is 5. The second kappa shape index (κ2) is 8.95. The lowest BCUT2D eigenvalue weighted by Gasteiger charge is -2.58. The van der Waals surface area contributed by atoms with Gasteiger partial charge in [-0.15, -0.1) is 0 Å². The number of carbonyl (C=O) groups is 1. The van der Waals surface area contributed by atoms with Crippen LogP contribution < -0.4 is 5.32 Å². The van der Waals surface area contributed by atoms with E-state index in [1.807, 2.05) is 23.1 Å². The fraction of sp³-hybridized carbons (Fsp3) is 0.607. The number of amides is 1. The molecule has 1 aromatic carbocycles. The quantitative estimate of drug-likeness (QED) is 0.653. The number of rotatable bonds is 7. The van der Waals surface area contributed by atoms with Gasteiger partial charge in [0.2, 0.25) is 5.91 Å². The maximum Gasteiger partial charge on any atom is 0.223 e. The van der Waals surface area contributed by atoms with Gasteiger partial charge in [-0.2, -0.15) is 0 Å². The Kier molecular flexibility index (Phi) is 5.80. The summed E-state index contributed by atoms with van der Waals surface area (Å²) in [5.74, 6) is 3.51. The Balaban J connectivity index is 1.07. The minimum atomic E-state index is -0.328. The Morgan fingerprint density at radius 3 is 2.50 bits per heavy atom. The van der Waals surface area contributed by atoms with E-state index in [1.54, 1.807) is 6.33 Å². The van der Waals surface area contributed by atoms with Crippen molar-refractivity contribution in [3.05, 3.63) is 53.5 Å². The van der Waals surface area contributed by atoms with Crippen molar-refractivity contribution in [1.29, 1.82) is 0 Å². The van der Waals surface area contributed by atoms with Crippen molar-refractivity contribution in [1.82, 2.24) is 14.9 Å². The maximum absolute atomic E-state index is 12.8. The van der Waals surface area contributed by atoms with Crippen molar-refractivity contribution in [2.45, 2.75) is 70.4 Å². The predicted molar refractivity (Wildman–Crippen MR) is 131 cm³/mol. The maximum atomic E-state index is 12.8. The van der Waals surface area contributed by atoms with E-state index in [9.17, 15) is 9.90 Å². The number of aliphatic hydroxyl groups excluding tert-OH is 1. The number of carbonyl (C=O) groups excluding carboxylic acids is 1. The van der Waals surface area contributed by atoms with Crippen LogP contribution in [0.5, 0.6) is 0 Å². The van der Waals surface area contributed by atoms with Crippen molar-refractivity contribution >= 4 is 11.7 Å². The number of nitrogens with one attached hydrogen (secondary N) is 1. The number of benzene rings is 1. The van der Waals surface area contributed by atoms with Crippen LogP contribution in [0.4, 0.5) is 5.82 Å². The smallest absolute Gasteiger partial charge is 0.223 e.